The molecule has 10 heteroatoms. The minimum Gasteiger partial charge on any atom is -0.363 e. The van der Waals surface area contributed by atoms with Gasteiger partial charge in [0.15, 0.2) is 0 Å². The van der Waals surface area contributed by atoms with Crippen LogP contribution in [0.1, 0.15) is 36.3 Å². The second kappa shape index (κ2) is 9.62. The molecule has 5 rings (SSSR count). The van der Waals surface area contributed by atoms with Crippen LogP contribution in [-0.2, 0) is 6.18 Å². The Bertz CT molecular complexity index is 1420. The fourth-order valence-corrected chi connectivity index (χ4v) is 4.20. The molecule has 2 aromatic heterocycles. The van der Waals surface area contributed by atoms with Crippen LogP contribution in [0.5, 0.6) is 0 Å². The van der Waals surface area contributed by atoms with Crippen molar-refractivity contribution >= 4 is 22.3 Å². The molecule has 1 aliphatic rings. The van der Waals surface area contributed by atoms with Gasteiger partial charge in [0.25, 0.3) is 0 Å². The van der Waals surface area contributed by atoms with Crippen molar-refractivity contribution < 1.29 is 17.6 Å². The minimum absolute atomic E-state index is 0.320. The van der Waals surface area contributed by atoms with Gasteiger partial charge in [-0.2, -0.15) is 13.2 Å². The second-order valence-corrected chi connectivity index (χ2v) is 8.54. The van der Waals surface area contributed by atoms with Crippen LogP contribution in [0.25, 0.3) is 27.6 Å². The maximum absolute atomic E-state index is 13.6. The number of nitrogens with zero attached hydrogens (tertiary/aromatic N) is 4. The van der Waals surface area contributed by atoms with Crippen LogP contribution in [0.4, 0.5) is 23.4 Å². The van der Waals surface area contributed by atoms with Gasteiger partial charge in [-0.05, 0) is 60.9 Å². The monoisotopic (exact) mass is 494 g/mol. The van der Waals surface area contributed by atoms with Gasteiger partial charge in [-0.25, -0.2) is 24.3 Å². The van der Waals surface area contributed by atoms with E-state index in [1.54, 1.807) is 19.1 Å². The molecule has 36 heavy (non-hydrogen) atoms. The summed E-state index contributed by atoms with van der Waals surface area (Å²) in [6.45, 7) is 3.38. The van der Waals surface area contributed by atoms with E-state index in [0.29, 0.717) is 11.4 Å². The standard InChI is InChI=1S/C26H22F4N6/c1-15(19-12-32-25(33-13-19)26(28,29)30)36-24-22-11-18(16-2-4-20(27)5-3-16)10-21(23(22)34-14-35-24)17-6-8-31-9-7-17/h2-6,10-15,31H,7-9H2,1H3,(H,34,35,36)/t15-/m1/s1. The Labute approximate surface area is 204 Å². The fourth-order valence-electron chi connectivity index (χ4n) is 4.20. The molecule has 0 fully saturated rings. The zero-order valence-corrected chi connectivity index (χ0v) is 19.3. The quantitative estimate of drug-likeness (QED) is 0.342. The number of nitrogens with one attached hydrogen (secondary N) is 2. The first-order valence-corrected chi connectivity index (χ1v) is 11.4. The lowest BCUT2D eigenvalue weighted by Gasteiger charge is -2.20. The van der Waals surface area contributed by atoms with Gasteiger partial charge >= 0.3 is 6.18 Å². The van der Waals surface area contributed by atoms with Gasteiger partial charge in [0, 0.05) is 35.5 Å². The molecule has 0 radical (unpaired) electrons. The molecule has 0 saturated carbocycles. The van der Waals surface area contributed by atoms with Crippen molar-refractivity contribution in [3.8, 4) is 11.1 Å². The molecule has 0 bridgehead atoms. The summed E-state index contributed by atoms with van der Waals surface area (Å²) in [5.74, 6) is -0.985. The number of anilines is 1. The molecule has 1 atom stereocenters. The SMILES string of the molecule is C[C@@H](Nc1ncnc2c(C3=CCNCC3)cc(-c3ccc(F)cc3)cc12)c1cnc(C(F)(F)F)nc1. The molecule has 0 saturated heterocycles. The number of rotatable bonds is 5. The summed E-state index contributed by atoms with van der Waals surface area (Å²) in [5.41, 5.74) is 5.06. The molecule has 1 aliphatic heterocycles. The van der Waals surface area contributed by atoms with Gasteiger partial charge in [0.2, 0.25) is 5.82 Å². The van der Waals surface area contributed by atoms with Gasteiger partial charge in [0.05, 0.1) is 11.6 Å². The van der Waals surface area contributed by atoms with Crippen LogP contribution in [0.2, 0.25) is 0 Å². The number of alkyl halides is 3. The predicted octanol–water partition coefficient (Wildman–Crippen LogP) is 5.79. The Hall–Kier alpha value is -3.92. The molecule has 0 spiro atoms. The maximum Gasteiger partial charge on any atom is 0.451 e. The average Bonchev–Trinajstić information content (AvgIpc) is 2.89. The molecular formula is C26H22F4N6. The number of aromatic nitrogens is 4. The maximum atomic E-state index is 13.6. The van der Waals surface area contributed by atoms with Crippen molar-refractivity contribution in [2.45, 2.75) is 25.6 Å². The number of halogens is 4. The van der Waals surface area contributed by atoms with Crippen LogP contribution in [-0.4, -0.2) is 33.0 Å². The van der Waals surface area contributed by atoms with Gasteiger partial charge in [-0.15, -0.1) is 0 Å². The largest absolute Gasteiger partial charge is 0.451 e. The van der Waals surface area contributed by atoms with Crippen LogP contribution < -0.4 is 10.6 Å². The summed E-state index contributed by atoms with van der Waals surface area (Å²) in [5, 5.41) is 7.33. The van der Waals surface area contributed by atoms with Crippen LogP contribution in [0.3, 0.4) is 0 Å². The normalized spacial score (nSPS) is 15.0. The topological polar surface area (TPSA) is 75.6 Å². The molecule has 2 N–H and O–H groups in total. The zero-order chi connectivity index (χ0) is 25.3. The summed E-state index contributed by atoms with van der Waals surface area (Å²) in [6, 6.07) is 9.82. The van der Waals surface area contributed by atoms with Crippen molar-refractivity contribution in [3.63, 3.8) is 0 Å². The summed E-state index contributed by atoms with van der Waals surface area (Å²) < 4.78 is 52.1. The Balaban J connectivity index is 1.58. The Kier molecular flexibility index (Phi) is 6.36. The number of fused-ring (bicyclic) bond motifs is 1. The molecular weight excluding hydrogens is 472 g/mol. The molecule has 0 unspecified atom stereocenters. The predicted molar refractivity (Wildman–Crippen MR) is 129 cm³/mol. The molecule has 4 aromatic rings. The van der Waals surface area contributed by atoms with Crippen LogP contribution in [0.15, 0.2) is 61.2 Å². The Morgan fingerprint density at radius 2 is 1.72 bits per heavy atom. The van der Waals surface area contributed by atoms with E-state index >= 15 is 0 Å². The second-order valence-electron chi connectivity index (χ2n) is 8.54. The average molecular weight is 494 g/mol. The fraction of sp³-hybridized carbons (Fsp3) is 0.231. The third-order valence-corrected chi connectivity index (χ3v) is 6.10. The highest BCUT2D eigenvalue weighted by Crippen LogP contribution is 2.35. The van der Waals surface area contributed by atoms with E-state index in [0.717, 1.165) is 65.1 Å². The van der Waals surface area contributed by atoms with Gasteiger partial charge in [0.1, 0.15) is 18.0 Å². The van der Waals surface area contributed by atoms with Gasteiger partial charge in [-0.1, -0.05) is 18.2 Å². The third kappa shape index (κ3) is 4.90. The highest BCUT2D eigenvalue weighted by atomic mass is 19.4. The lowest BCUT2D eigenvalue weighted by molar-refractivity contribution is -0.145. The molecule has 184 valence electrons. The first-order chi connectivity index (χ1) is 17.3. The molecule has 6 nitrogen and oxygen atoms in total. The minimum atomic E-state index is -4.60. The smallest absolute Gasteiger partial charge is 0.363 e. The van der Waals surface area contributed by atoms with Crippen LogP contribution in [0, 0.1) is 5.82 Å². The third-order valence-electron chi connectivity index (χ3n) is 6.10. The summed E-state index contributed by atoms with van der Waals surface area (Å²) in [7, 11) is 0. The summed E-state index contributed by atoms with van der Waals surface area (Å²) >= 11 is 0. The van der Waals surface area contributed by atoms with Crippen molar-refractivity contribution in [1.29, 1.82) is 0 Å². The van der Waals surface area contributed by atoms with E-state index < -0.39 is 18.0 Å². The number of hydrogen-bond donors (Lipinski definition) is 2. The van der Waals surface area contributed by atoms with E-state index in [1.165, 1.54) is 18.5 Å². The van der Waals surface area contributed by atoms with Crippen LogP contribution >= 0.6 is 0 Å². The van der Waals surface area contributed by atoms with E-state index in [4.69, 9.17) is 0 Å². The van der Waals surface area contributed by atoms with Crippen molar-refractivity contribution in [2.75, 3.05) is 18.4 Å². The highest BCUT2D eigenvalue weighted by Gasteiger charge is 2.34. The number of benzene rings is 2. The van der Waals surface area contributed by atoms with Gasteiger partial charge in [-0.3, -0.25) is 0 Å². The summed E-state index contributed by atoms with van der Waals surface area (Å²) in [4.78, 5) is 15.9. The van der Waals surface area contributed by atoms with Crippen molar-refractivity contribution in [3.05, 3.63) is 84.0 Å². The Morgan fingerprint density at radius 1 is 0.972 bits per heavy atom. The van der Waals surface area contributed by atoms with E-state index in [2.05, 4.69) is 42.7 Å². The highest BCUT2D eigenvalue weighted by molar-refractivity contribution is 6.00. The molecule has 0 aliphatic carbocycles. The van der Waals surface area contributed by atoms with E-state index in [-0.39, 0.29) is 5.82 Å². The van der Waals surface area contributed by atoms with Gasteiger partial charge < -0.3 is 10.6 Å². The lowest BCUT2D eigenvalue weighted by atomic mass is 9.93. The van der Waals surface area contributed by atoms with Crippen molar-refractivity contribution in [2.24, 2.45) is 0 Å². The zero-order valence-electron chi connectivity index (χ0n) is 19.3. The lowest BCUT2D eigenvalue weighted by Crippen LogP contribution is -2.20. The van der Waals surface area contributed by atoms with Crippen molar-refractivity contribution in [1.82, 2.24) is 25.3 Å². The molecule has 0 amide bonds. The molecule has 2 aromatic carbocycles. The first-order valence-electron chi connectivity index (χ1n) is 11.4. The first kappa shape index (κ1) is 23.8. The summed E-state index contributed by atoms with van der Waals surface area (Å²) in [6.07, 6.45) is 2.13. The van der Waals surface area contributed by atoms with E-state index in [1.807, 2.05) is 6.07 Å². The Morgan fingerprint density at radius 3 is 2.39 bits per heavy atom. The number of hydrogen-bond acceptors (Lipinski definition) is 6. The van der Waals surface area contributed by atoms with E-state index in [9.17, 15) is 17.6 Å². The molecule has 3 heterocycles.